The number of amides is 1. The molecule has 1 saturated carbocycles. The lowest BCUT2D eigenvalue weighted by atomic mass is 9.84. The first-order valence-corrected chi connectivity index (χ1v) is 13.6. The van der Waals surface area contributed by atoms with E-state index in [4.69, 9.17) is 9.47 Å². The fourth-order valence-electron chi connectivity index (χ4n) is 5.85. The molecule has 3 heterocycles. The molecule has 0 bridgehead atoms. The van der Waals surface area contributed by atoms with Gasteiger partial charge in [-0.3, -0.25) is 14.7 Å². The minimum Gasteiger partial charge on any atom is -0.486 e. The summed E-state index contributed by atoms with van der Waals surface area (Å²) in [6.45, 7) is 4.19. The first kappa shape index (κ1) is 24.0. The van der Waals surface area contributed by atoms with Crippen LogP contribution in [-0.2, 0) is 13.0 Å². The Labute approximate surface area is 219 Å². The van der Waals surface area contributed by atoms with Gasteiger partial charge in [0.1, 0.15) is 18.9 Å². The van der Waals surface area contributed by atoms with Crippen molar-refractivity contribution in [3.8, 4) is 11.5 Å². The summed E-state index contributed by atoms with van der Waals surface area (Å²) in [5.74, 6) is 2.25. The molecular weight excluding hydrogens is 462 g/mol. The molecule has 2 aromatic carbocycles. The van der Waals surface area contributed by atoms with Crippen molar-refractivity contribution in [1.82, 2.24) is 14.8 Å². The predicted molar refractivity (Wildman–Crippen MR) is 143 cm³/mol. The van der Waals surface area contributed by atoms with Crippen LogP contribution < -0.4 is 9.47 Å². The predicted octanol–water partition coefficient (Wildman–Crippen LogP) is 4.98. The first-order valence-electron chi connectivity index (χ1n) is 13.6. The number of aromatic nitrogens is 1. The largest absolute Gasteiger partial charge is 0.486 e. The van der Waals surface area contributed by atoms with E-state index in [1.54, 1.807) is 6.20 Å². The fourth-order valence-corrected chi connectivity index (χ4v) is 5.85. The molecule has 2 aliphatic heterocycles. The number of likely N-dealkylation sites (tertiary alicyclic amines) is 1. The monoisotopic (exact) mass is 497 g/mol. The molecule has 1 amide bonds. The van der Waals surface area contributed by atoms with Crippen molar-refractivity contribution >= 4 is 5.91 Å². The number of rotatable bonds is 8. The summed E-state index contributed by atoms with van der Waals surface area (Å²) < 4.78 is 11.5. The second-order valence-corrected chi connectivity index (χ2v) is 10.5. The van der Waals surface area contributed by atoms with Crippen LogP contribution >= 0.6 is 0 Å². The van der Waals surface area contributed by atoms with Crippen molar-refractivity contribution in [3.63, 3.8) is 0 Å². The molecule has 1 unspecified atom stereocenters. The average Bonchev–Trinajstić information content (AvgIpc) is 3.79. The number of carbonyl (C=O) groups is 1. The van der Waals surface area contributed by atoms with E-state index in [-0.39, 0.29) is 11.9 Å². The van der Waals surface area contributed by atoms with Gasteiger partial charge < -0.3 is 14.4 Å². The van der Waals surface area contributed by atoms with Crippen LogP contribution in [0.25, 0.3) is 0 Å². The van der Waals surface area contributed by atoms with Crippen LogP contribution in [-0.4, -0.2) is 59.1 Å². The maximum Gasteiger partial charge on any atom is 0.272 e. The van der Waals surface area contributed by atoms with E-state index in [1.807, 2.05) is 24.3 Å². The highest BCUT2D eigenvalue weighted by atomic mass is 16.6. The second kappa shape index (κ2) is 10.9. The zero-order valence-electron chi connectivity index (χ0n) is 21.3. The molecular formula is C31H35N3O3. The number of piperidine rings is 1. The van der Waals surface area contributed by atoms with Gasteiger partial charge >= 0.3 is 0 Å². The molecule has 0 N–H and O–H groups in total. The number of nitrogens with zero attached hydrogens (tertiary/aromatic N) is 3. The SMILES string of the molecule is O=C(c1ccccn1)N(C1CC1)C(Cc1ccccc1)C1CCN(Cc2ccc3c(c2)OCCO3)CC1. The lowest BCUT2D eigenvalue weighted by Gasteiger charge is -2.42. The zero-order valence-corrected chi connectivity index (χ0v) is 21.3. The Morgan fingerprint density at radius 2 is 1.65 bits per heavy atom. The van der Waals surface area contributed by atoms with Gasteiger partial charge in [0, 0.05) is 24.8 Å². The normalized spacial score (nSPS) is 18.8. The number of hydrogen-bond acceptors (Lipinski definition) is 5. The molecule has 37 heavy (non-hydrogen) atoms. The summed E-state index contributed by atoms with van der Waals surface area (Å²) in [4.78, 5) is 22.9. The molecule has 0 spiro atoms. The van der Waals surface area contributed by atoms with Gasteiger partial charge in [0.25, 0.3) is 5.91 Å². The zero-order chi connectivity index (χ0) is 25.0. The number of fused-ring (bicyclic) bond motifs is 1. The number of hydrogen-bond donors (Lipinski definition) is 0. The molecule has 6 heteroatoms. The van der Waals surface area contributed by atoms with Crippen LogP contribution in [0.4, 0.5) is 0 Å². The maximum atomic E-state index is 13.8. The highest BCUT2D eigenvalue weighted by molar-refractivity contribution is 5.93. The van der Waals surface area contributed by atoms with Crippen molar-refractivity contribution < 1.29 is 14.3 Å². The standard InChI is InChI=1S/C31H35N3O3/c35-31(27-8-4-5-15-32-27)34(26-10-11-26)28(20-23-6-2-1-3-7-23)25-13-16-33(17-14-25)22-24-9-12-29-30(21-24)37-19-18-36-29/h1-9,12,15,21,25-26,28H,10-11,13-14,16-20,22H2. The highest BCUT2D eigenvalue weighted by Gasteiger charge is 2.42. The Morgan fingerprint density at radius 3 is 2.38 bits per heavy atom. The fraction of sp³-hybridized carbons (Fsp3) is 0.419. The van der Waals surface area contributed by atoms with Gasteiger partial charge in [0.15, 0.2) is 11.5 Å². The Morgan fingerprint density at radius 1 is 0.892 bits per heavy atom. The van der Waals surface area contributed by atoms with Gasteiger partial charge in [-0.25, -0.2) is 0 Å². The van der Waals surface area contributed by atoms with Crippen molar-refractivity contribution in [2.24, 2.45) is 5.92 Å². The number of carbonyl (C=O) groups excluding carboxylic acids is 1. The summed E-state index contributed by atoms with van der Waals surface area (Å²) >= 11 is 0. The summed E-state index contributed by atoms with van der Waals surface area (Å²) in [7, 11) is 0. The van der Waals surface area contributed by atoms with Gasteiger partial charge in [-0.1, -0.05) is 42.5 Å². The third kappa shape index (κ3) is 5.64. The van der Waals surface area contributed by atoms with Crippen LogP contribution in [0.5, 0.6) is 11.5 Å². The van der Waals surface area contributed by atoms with E-state index in [1.165, 1.54) is 11.1 Å². The molecule has 0 radical (unpaired) electrons. The minimum atomic E-state index is 0.0859. The summed E-state index contributed by atoms with van der Waals surface area (Å²) in [6, 6.07) is 23.1. The Bertz CT molecular complexity index is 1190. The topological polar surface area (TPSA) is 54.9 Å². The van der Waals surface area contributed by atoms with Gasteiger partial charge in [-0.2, -0.15) is 0 Å². The van der Waals surface area contributed by atoms with Crippen molar-refractivity contribution in [3.05, 3.63) is 89.7 Å². The van der Waals surface area contributed by atoms with Gasteiger partial charge in [-0.05, 0) is 86.5 Å². The van der Waals surface area contributed by atoms with Crippen molar-refractivity contribution in [2.45, 2.75) is 50.7 Å². The van der Waals surface area contributed by atoms with E-state index < -0.39 is 0 Å². The van der Waals surface area contributed by atoms with Crippen molar-refractivity contribution in [1.29, 1.82) is 0 Å². The van der Waals surface area contributed by atoms with Crippen LogP contribution in [0, 0.1) is 5.92 Å². The Hall–Kier alpha value is -3.38. The molecule has 1 aromatic heterocycles. The number of pyridine rings is 1. The van der Waals surface area contributed by atoms with Gasteiger partial charge in [0.05, 0.1) is 0 Å². The number of benzene rings is 2. The molecule has 1 atom stereocenters. The van der Waals surface area contributed by atoms with E-state index in [2.05, 4.69) is 57.2 Å². The van der Waals surface area contributed by atoms with Gasteiger partial charge in [0.2, 0.25) is 0 Å². The Kier molecular flexibility index (Phi) is 7.09. The lowest BCUT2D eigenvalue weighted by Crippen LogP contribution is -2.50. The molecule has 3 aromatic rings. The highest BCUT2D eigenvalue weighted by Crippen LogP contribution is 2.37. The molecule has 1 aliphatic carbocycles. The molecule has 1 saturated heterocycles. The van der Waals surface area contributed by atoms with Crippen molar-refractivity contribution in [2.75, 3.05) is 26.3 Å². The maximum absolute atomic E-state index is 13.8. The third-order valence-electron chi connectivity index (χ3n) is 7.89. The summed E-state index contributed by atoms with van der Waals surface area (Å²) in [5.41, 5.74) is 3.11. The van der Waals surface area contributed by atoms with E-state index >= 15 is 0 Å². The molecule has 3 aliphatic rings. The quantitative estimate of drug-likeness (QED) is 0.439. The number of ether oxygens (including phenoxy) is 2. The van der Waals surface area contributed by atoms with E-state index in [9.17, 15) is 4.79 Å². The van der Waals surface area contributed by atoms with Crippen LogP contribution in [0.1, 0.15) is 47.3 Å². The molecule has 192 valence electrons. The first-order chi connectivity index (χ1) is 18.2. The van der Waals surface area contributed by atoms with E-state index in [0.717, 1.165) is 63.2 Å². The third-order valence-corrected chi connectivity index (χ3v) is 7.89. The lowest BCUT2D eigenvalue weighted by molar-refractivity contribution is 0.0477. The molecule has 6 rings (SSSR count). The summed E-state index contributed by atoms with van der Waals surface area (Å²) in [5, 5.41) is 0. The minimum absolute atomic E-state index is 0.0859. The average molecular weight is 498 g/mol. The van der Waals surface area contributed by atoms with Crippen LogP contribution in [0.15, 0.2) is 72.9 Å². The van der Waals surface area contributed by atoms with E-state index in [0.29, 0.717) is 30.9 Å². The summed E-state index contributed by atoms with van der Waals surface area (Å²) in [6.07, 6.45) is 6.96. The second-order valence-electron chi connectivity index (χ2n) is 10.5. The van der Waals surface area contributed by atoms with Crippen LogP contribution in [0.2, 0.25) is 0 Å². The smallest absolute Gasteiger partial charge is 0.272 e. The molecule has 6 nitrogen and oxygen atoms in total. The molecule has 2 fully saturated rings. The van der Waals surface area contributed by atoms with Crippen LogP contribution in [0.3, 0.4) is 0 Å². The van der Waals surface area contributed by atoms with Gasteiger partial charge in [-0.15, -0.1) is 0 Å². The Balaban J connectivity index is 1.18.